The lowest BCUT2D eigenvalue weighted by molar-refractivity contribution is 0.0965. The quantitative estimate of drug-likeness (QED) is 0.766. The Morgan fingerprint density at radius 1 is 1.16 bits per heavy atom. The van der Waals surface area contributed by atoms with Crippen LogP contribution in [0.15, 0.2) is 35.4 Å². The molecule has 1 aliphatic rings. The summed E-state index contributed by atoms with van der Waals surface area (Å²) in [6.07, 6.45) is -0.772. The predicted molar refractivity (Wildman–Crippen MR) is 96.6 cm³/mol. The van der Waals surface area contributed by atoms with Gasteiger partial charge in [-0.1, -0.05) is 66.0 Å². The first kappa shape index (κ1) is 19.8. The fourth-order valence-electron chi connectivity index (χ4n) is 2.65. The van der Waals surface area contributed by atoms with Crippen molar-refractivity contribution in [3.05, 3.63) is 46.5 Å². The van der Waals surface area contributed by atoms with Crippen molar-refractivity contribution in [3.8, 4) is 0 Å². The van der Waals surface area contributed by atoms with Crippen LogP contribution in [0.2, 0.25) is 0 Å². The fraction of sp³-hybridized carbons (Fsp3) is 0.353. The summed E-state index contributed by atoms with van der Waals surface area (Å²) < 4.78 is 3.06. The highest BCUT2D eigenvalue weighted by atomic mass is 35.6. The highest BCUT2D eigenvalue weighted by Crippen LogP contribution is 2.30. The van der Waals surface area contributed by atoms with Crippen molar-refractivity contribution < 1.29 is 19.1 Å². The van der Waals surface area contributed by atoms with E-state index in [9.17, 15) is 14.4 Å². The molecule has 134 valence electrons. The van der Waals surface area contributed by atoms with Crippen molar-refractivity contribution in [2.24, 2.45) is 5.92 Å². The van der Waals surface area contributed by atoms with Crippen LogP contribution >= 0.6 is 34.8 Å². The molecule has 1 aromatic carbocycles. The van der Waals surface area contributed by atoms with Crippen LogP contribution in [0.1, 0.15) is 34.6 Å². The number of alkyl halides is 3. The highest BCUT2D eigenvalue weighted by Gasteiger charge is 2.32. The monoisotopic (exact) mass is 403 g/mol. The number of ketones is 2. The third-order valence-corrected chi connectivity index (χ3v) is 4.15. The molecule has 1 unspecified atom stereocenters. The Labute approximate surface area is 160 Å². The molecule has 2 rings (SSSR count). The Kier molecular flexibility index (Phi) is 6.14. The molecule has 1 N–H and O–H groups in total. The second-order valence-corrected chi connectivity index (χ2v) is 8.23. The summed E-state index contributed by atoms with van der Waals surface area (Å²) in [6, 6.07) is 6.68. The molecule has 1 amide bonds. The number of hydrogen-bond donors (Lipinski definition) is 1. The smallest absolute Gasteiger partial charge is 0.407 e. The van der Waals surface area contributed by atoms with Gasteiger partial charge in [0.05, 0.1) is 0 Å². The molecule has 0 heterocycles. The van der Waals surface area contributed by atoms with Crippen molar-refractivity contribution in [3.63, 3.8) is 0 Å². The first-order chi connectivity index (χ1) is 11.6. The van der Waals surface area contributed by atoms with E-state index in [0.717, 1.165) is 0 Å². The highest BCUT2D eigenvalue weighted by molar-refractivity contribution is 6.67. The summed E-state index contributed by atoms with van der Waals surface area (Å²) in [5.41, 5.74) is 1.53. The van der Waals surface area contributed by atoms with Gasteiger partial charge in [0.15, 0.2) is 11.6 Å². The van der Waals surface area contributed by atoms with Crippen molar-refractivity contribution in [2.75, 3.05) is 13.2 Å². The van der Waals surface area contributed by atoms with Gasteiger partial charge in [0.1, 0.15) is 6.61 Å². The SMILES string of the molecule is CC1=C(C(C)CNC(=O)OCC(Cl)(Cl)Cl)C(=O)c2ccccc2C1=O. The molecule has 1 atom stereocenters. The maximum atomic E-state index is 12.7. The van der Waals surface area contributed by atoms with Crippen molar-refractivity contribution in [1.82, 2.24) is 5.32 Å². The number of benzene rings is 1. The van der Waals surface area contributed by atoms with Gasteiger partial charge in [0, 0.05) is 34.7 Å². The molecule has 0 radical (unpaired) electrons. The fourth-order valence-corrected chi connectivity index (χ4v) is 2.81. The van der Waals surface area contributed by atoms with E-state index in [1.807, 2.05) is 0 Å². The van der Waals surface area contributed by atoms with Gasteiger partial charge in [0.2, 0.25) is 3.79 Å². The molecule has 5 nitrogen and oxygen atoms in total. The van der Waals surface area contributed by atoms with Gasteiger partial charge < -0.3 is 10.1 Å². The molecular weight excluding hydrogens is 389 g/mol. The summed E-state index contributed by atoms with van der Waals surface area (Å²) in [4.78, 5) is 36.8. The second kappa shape index (κ2) is 7.77. The number of nitrogens with one attached hydrogen (secondary N) is 1. The number of carbonyl (C=O) groups excluding carboxylic acids is 3. The summed E-state index contributed by atoms with van der Waals surface area (Å²) in [5, 5.41) is 2.50. The molecule has 1 aromatic rings. The van der Waals surface area contributed by atoms with Crippen LogP contribution in [0.25, 0.3) is 0 Å². The standard InChI is InChI=1S/C17H16Cl3NO4/c1-9(7-21-16(24)25-8-17(18,19)20)13-10(2)14(22)11-5-3-4-6-12(11)15(13)23/h3-6,9H,7-8H2,1-2H3,(H,21,24). The van der Waals surface area contributed by atoms with Crippen LogP contribution in [0, 0.1) is 5.92 Å². The number of hydrogen-bond acceptors (Lipinski definition) is 4. The predicted octanol–water partition coefficient (Wildman–Crippen LogP) is 4.11. The summed E-state index contributed by atoms with van der Waals surface area (Å²) >= 11 is 16.5. The topological polar surface area (TPSA) is 72.5 Å². The van der Waals surface area contributed by atoms with E-state index >= 15 is 0 Å². The van der Waals surface area contributed by atoms with Crippen LogP contribution in [-0.2, 0) is 4.74 Å². The third-order valence-electron chi connectivity index (χ3n) is 3.82. The van der Waals surface area contributed by atoms with Gasteiger partial charge in [-0.05, 0) is 6.92 Å². The lowest BCUT2D eigenvalue weighted by Crippen LogP contribution is -2.34. The Morgan fingerprint density at radius 3 is 2.28 bits per heavy atom. The van der Waals surface area contributed by atoms with Crippen LogP contribution in [-0.4, -0.2) is 34.6 Å². The van der Waals surface area contributed by atoms with E-state index in [1.54, 1.807) is 38.1 Å². The van der Waals surface area contributed by atoms with Gasteiger partial charge in [0.25, 0.3) is 0 Å². The third kappa shape index (κ3) is 4.75. The maximum absolute atomic E-state index is 12.7. The van der Waals surface area contributed by atoms with Crippen LogP contribution < -0.4 is 5.32 Å². The van der Waals surface area contributed by atoms with Gasteiger partial charge in [-0.25, -0.2) is 4.79 Å². The number of allylic oxidation sites excluding steroid dienone is 1. The molecule has 0 spiro atoms. The molecule has 0 saturated heterocycles. The molecule has 0 aliphatic heterocycles. The Hall–Kier alpha value is -1.56. The minimum absolute atomic E-state index is 0.104. The van der Waals surface area contributed by atoms with Crippen molar-refractivity contribution in [2.45, 2.75) is 17.6 Å². The zero-order chi connectivity index (χ0) is 18.8. The Balaban J connectivity index is 2.08. The first-order valence-electron chi connectivity index (χ1n) is 7.48. The van der Waals surface area contributed by atoms with E-state index < -0.39 is 16.5 Å². The van der Waals surface area contributed by atoms with E-state index in [1.165, 1.54) is 0 Å². The van der Waals surface area contributed by atoms with Crippen molar-refractivity contribution >= 4 is 52.5 Å². The zero-order valence-corrected chi connectivity index (χ0v) is 15.8. The summed E-state index contributed by atoms with van der Waals surface area (Å²) in [7, 11) is 0. The number of alkyl carbamates (subject to hydrolysis) is 1. The number of amides is 1. The minimum Gasteiger partial charge on any atom is -0.445 e. The molecular formula is C17H16Cl3NO4. The molecule has 1 aliphatic carbocycles. The van der Waals surface area contributed by atoms with E-state index in [0.29, 0.717) is 22.3 Å². The van der Waals surface area contributed by atoms with Gasteiger partial charge in [-0.15, -0.1) is 0 Å². The average molecular weight is 405 g/mol. The summed E-state index contributed by atoms with van der Waals surface area (Å²) in [6.45, 7) is 3.06. The van der Waals surface area contributed by atoms with Crippen LogP contribution in [0.4, 0.5) is 4.79 Å². The number of Topliss-reactive ketones (excluding diaryl/α,β-unsaturated/α-hetero) is 2. The molecule has 0 aromatic heterocycles. The Morgan fingerprint density at radius 2 is 1.72 bits per heavy atom. The normalized spacial score (nSPS) is 15.7. The number of halogens is 3. The summed E-state index contributed by atoms with van der Waals surface area (Å²) in [5.74, 6) is -0.780. The van der Waals surface area contributed by atoms with E-state index in [2.05, 4.69) is 5.32 Å². The second-order valence-electron chi connectivity index (χ2n) is 5.72. The molecule has 0 fully saturated rings. The molecule has 25 heavy (non-hydrogen) atoms. The molecule has 0 bridgehead atoms. The van der Waals surface area contributed by atoms with Gasteiger partial charge in [-0.3, -0.25) is 9.59 Å². The maximum Gasteiger partial charge on any atom is 0.407 e. The van der Waals surface area contributed by atoms with Crippen molar-refractivity contribution in [1.29, 1.82) is 0 Å². The first-order valence-corrected chi connectivity index (χ1v) is 8.61. The van der Waals surface area contributed by atoms with Gasteiger partial charge >= 0.3 is 6.09 Å². The lowest BCUT2D eigenvalue weighted by Gasteiger charge is -2.23. The minimum atomic E-state index is -1.70. The Bertz CT molecular complexity index is 753. The largest absolute Gasteiger partial charge is 0.445 e. The van der Waals surface area contributed by atoms with E-state index in [4.69, 9.17) is 39.5 Å². The number of ether oxygens (including phenoxy) is 1. The zero-order valence-electron chi connectivity index (χ0n) is 13.6. The molecule has 8 heteroatoms. The average Bonchev–Trinajstić information content (AvgIpc) is 2.55. The van der Waals surface area contributed by atoms with E-state index in [-0.39, 0.29) is 24.0 Å². The van der Waals surface area contributed by atoms with Gasteiger partial charge in [-0.2, -0.15) is 0 Å². The van der Waals surface area contributed by atoms with Crippen LogP contribution in [0.3, 0.4) is 0 Å². The number of fused-ring (bicyclic) bond motifs is 1. The molecule has 0 saturated carbocycles. The number of carbonyl (C=O) groups is 3. The number of rotatable bonds is 4. The lowest BCUT2D eigenvalue weighted by atomic mass is 9.80. The van der Waals surface area contributed by atoms with Crippen LogP contribution in [0.5, 0.6) is 0 Å².